The number of nitrogens with one attached hydrogen (secondary N) is 2. The lowest BCUT2D eigenvalue weighted by molar-refractivity contribution is 0.102. The zero-order chi connectivity index (χ0) is 15.2. The predicted octanol–water partition coefficient (Wildman–Crippen LogP) is 2.16. The highest BCUT2D eigenvalue weighted by molar-refractivity contribution is 6.17. The second-order valence-electron chi connectivity index (χ2n) is 4.15. The van der Waals surface area contributed by atoms with E-state index in [9.17, 15) is 9.59 Å². The Bertz CT molecular complexity index is 680. The number of rotatable bonds is 5. The molecule has 2 N–H and O–H groups in total. The lowest BCUT2D eigenvalue weighted by atomic mass is 10.2. The zero-order valence-corrected chi connectivity index (χ0v) is 12.1. The minimum Gasteiger partial charge on any atom is -0.494 e. The maximum atomic E-state index is 12.0. The Morgan fingerprint density at radius 1 is 1.38 bits per heavy atom. The summed E-state index contributed by atoms with van der Waals surface area (Å²) < 4.78 is 5.44. The van der Waals surface area contributed by atoms with Gasteiger partial charge in [0.15, 0.2) is 0 Å². The lowest BCUT2D eigenvalue weighted by Gasteiger charge is -2.11. The van der Waals surface area contributed by atoms with Crippen molar-refractivity contribution in [2.45, 2.75) is 12.8 Å². The normalized spacial score (nSPS) is 10.2. The van der Waals surface area contributed by atoms with Gasteiger partial charge in [-0.3, -0.25) is 9.59 Å². The van der Waals surface area contributed by atoms with Crippen molar-refractivity contribution in [3.8, 4) is 5.75 Å². The molecule has 0 aliphatic heterocycles. The number of ether oxygens (including phenoxy) is 1. The van der Waals surface area contributed by atoms with Gasteiger partial charge in [0, 0.05) is 17.3 Å². The van der Waals surface area contributed by atoms with Crippen LogP contribution in [0, 0.1) is 0 Å². The number of amides is 1. The number of benzene rings is 1. The Kier molecular flexibility index (Phi) is 4.94. The molecule has 0 saturated carbocycles. The Morgan fingerprint density at radius 2 is 2.19 bits per heavy atom. The molecule has 0 unspecified atom stereocenters. The van der Waals surface area contributed by atoms with E-state index in [-0.39, 0.29) is 17.1 Å². The molecule has 6 nitrogen and oxygen atoms in total. The van der Waals surface area contributed by atoms with Crippen molar-refractivity contribution in [3.63, 3.8) is 0 Å². The van der Waals surface area contributed by atoms with E-state index >= 15 is 0 Å². The minimum absolute atomic E-state index is 0.121. The van der Waals surface area contributed by atoms with Gasteiger partial charge in [0.25, 0.3) is 11.5 Å². The van der Waals surface area contributed by atoms with Gasteiger partial charge in [-0.05, 0) is 31.2 Å². The Labute approximate surface area is 126 Å². The lowest BCUT2D eigenvalue weighted by Crippen LogP contribution is -2.17. The molecule has 1 aromatic carbocycles. The second-order valence-corrected chi connectivity index (χ2v) is 4.42. The molecule has 0 saturated heterocycles. The standard InChI is InChI=1S/C14H14ClN3O3/c1-2-21-12-5-3-10(7-9(12)8-15)16-14(20)11-4-6-13(19)18-17-11/h3-7H,2,8H2,1H3,(H,16,20)(H,18,19). The molecule has 21 heavy (non-hydrogen) atoms. The van der Waals surface area contributed by atoms with E-state index in [1.807, 2.05) is 6.92 Å². The third-order valence-electron chi connectivity index (χ3n) is 2.67. The molecular formula is C14H14ClN3O3. The van der Waals surface area contributed by atoms with Crippen LogP contribution < -0.4 is 15.6 Å². The molecule has 0 atom stereocenters. The molecule has 2 rings (SSSR count). The fourth-order valence-electron chi connectivity index (χ4n) is 1.72. The van der Waals surface area contributed by atoms with E-state index in [1.54, 1.807) is 18.2 Å². The Hall–Kier alpha value is -2.34. The highest BCUT2D eigenvalue weighted by atomic mass is 35.5. The fourth-order valence-corrected chi connectivity index (χ4v) is 1.93. The van der Waals surface area contributed by atoms with Crippen LogP contribution in [-0.4, -0.2) is 22.7 Å². The van der Waals surface area contributed by atoms with Crippen LogP contribution in [0.4, 0.5) is 5.69 Å². The third-order valence-corrected chi connectivity index (χ3v) is 2.96. The Balaban J connectivity index is 2.17. The van der Waals surface area contributed by atoms with Crippen molar-refractivity contribution in [2.75, 3.05) is 11.9 Å². The summed E-state index contributed by atoms with van der Waals surface area (Å²) >= 11 is 5.87. The number of hydrogen-bond acceptors (Lipinski definition) is 4. The number of carbonyl (C=O) groups excluding carboxylic acids is 1. The molecule has 110 valence electrons. The van der Waals surface area contributed by atoms with Gasteiger partial charge in [-0.15, -0.1) is 11.6 Å². The van der Waals surface area contributed by atoms with Crippen LogP contribution in [-0.2, 0) is 5.88 Å². The van der Waals surface area contributed by atoms with E-state index in [0.717, 1.165) is 5.56 Å². The maximum absolute atomic E-state index is 12.0. The highest BCUT2D eigenvalue weighted by Gasteiger charge is 2.10. The number of carbonyl (C=O) groups is 1. The predicted molar refractivity (Wildman–Crippen MR) is 80.0 cm³/mol. The van der Waals surface area contributed by atoms with Crippen molar-refractivity contribution in [1.82, 2.24) is 10.2 Å². The summed E-state index contributed by atoms with van der Waals surface area (Å²) in [5.74, 6) is 0.541. The van der Waals surface area contributed by atoms with Crippen LogP contribution >= 0.6 is 11.6 Å². The first-order valence-electron chi connectivity index (χ1n) is 6.32. The van der Waals surface area contributed by atoms with Crippen LogP contribution in [0.3, 0.4) is 0 Å². The smallest absolute Gasteiger partial charge is 0.276 e. The van der Waals surface area contributed by atoms with Gasteiger partial charge in [0.1, 0.15) is 11.4 Å². The molecule has 0 radical (unpaired) electrons. The second kappa shape index (κ2) is 6.90. The largest absolute Gasteiger partial charge is 0.494 e. The molecule has 1 amide bonds. The third kappa shape index (κ3) is 3.82. The minimum atomic E-state index is -0.420. The van der Waals surface area contributed by atoms with E-state index in [2.05, 4.69) is 15.5 Å². The summed E-state index contributed by atoms with van der Waals surface area (Å²) in [4.78, 5) is 22.9. The fraction of sp³-hybridized carbons (Fsp3) is 0.214. The first-order valence-corrected chi connectivity index (χ1v) is 6.86. The summed E-state index contributed by atoms with van der Waals surface area (Å²) in [6.45, 7) is 2.42. The maximum Gasteiger partial charge on any atom is 0.276 e. The average molecular weight is 308 g/mol. The van der Waals surface area contributed by atoms with Gasteiger partial charge in [0.2, 0.25) is 0 Å². The van der Waals surface area contributed by atoms with Gasteiger partial charge in [0.05, 0.1) is 12.5 Å². The van der Waals surface area contributed by atoms with Crippen molar-refractivity contribution in [1.29, 1.82) is 0 Å². The first kappa shape index (κ1) is 15.1. The number of aromatic nitrogens is 2. The quantitative estimate of drug-likeness (QED) is 0.829. The van der Waals surface area contributed by atoms with Gasteiger partial charge >= 0.3 is 0 Å². The molecule has 0 aliphatic rings. The van der Waals surface area contributed by atoms with Crippen LogP contribution in [0.2, 0.25) is 0 Å². The molecule has 2 aromatic rings. The number of halogens is 1. The van der Waals surface area contributed by atoms with Crippen LogP contribution in [0.25, 0.3) is 0 Å². The van der Waals surface area contributed by atoms with E-state index in [0.29, 0.717) is 18.0 Å². The topological polar surface area (TPSA) is 84.1 Å². The number of hydrogen-bond donors (Lipinski definition) is 2. The summed E-state index contributed by atoms with van der Waals surface area (Å²) in [7, 11) is 0. The molecule has 1 aromatic heterocycles. The molecule has 0 bridgehead atoms. The van der Waals surface area contributed by atoms with Crippen molar-refractivity contribution in [2.24, 2.45) is 0 Å². The van der Waals surface area contributed by atoms with Gasteiger partial charge in [-0.25, -0.2) is 5.10 Å². The monoisotopic (exact) mass is 307 g/mol. The summed E-state index contributed by atoms with van der Waals surface area (Å²) in [5, 5.41) is 8.56. The molecule has 1 heterocycles. The van der Waals surface area contributed by atoms with Crippen molar-refractivity contribution in [3.05, 3.63) is 51.9 Å². The Morgan fingerprint density at radius 3 is 2.81 bits per heavy atom. The number of anilines is 1. The van der Waals surface area contributed by atoms with Crippen LogP contribution in [0.1, 0.15) is 23.0 Å². The van der Waals surface area contributed by atoms with Crippen LogP contribution in [0.15, 0.2) is 35.1 Å². The summed E-state index contributed by atoms with van der Waals surface area (Å²) in [5.41, 5.74) is 1.12. The van der Waals surface area contributed by atoms with E-state index in [4.69, 9.17) is 16.3 Å². The number of aromatic amines is 1. The average Bonchev–Trinajstić information content (AvgIpc) is 2.49. The highest BCUT2D eigenvalue weighted by Crippen LogP contribution is 2.24. The zero-order valence-electron chi connectivity index (χ0n) is 11.4. The molecule has 7 heteroatoms. The van der Waals surface area contributed by atoms with E-state index in [1.165, 1.54) is 12.1 Å². The first-order chi connectivity index (χ1) is 10.1. The number of nitrogens with zero attached hydrogens (tertiary/aromatic N) is 1. The van der Waals surface area contributed by atoms with Crippen LogP contribution in [0.5, 0.6) is 5.75 Å². The number of alkyl halides is 1. The van der Waals surface area contributed by atoms with Crippen molar-refractivity contribution < 1.29 is 9.53 Å². The van der Waals surface area contributed by atoms with E-state index < -0.39 is 5.91 Å². The summed E-state index contributed by atoms with van der Waals surface area (Å²) in [6.07, 6.45) is 0. The molecule has 0 aliphatic carbocycles. The van der Waals surface area contributed by atoms with Gasteiger partial charge in [-0.2, -0.15) is 5.10 Å². The van der Waals surface area contributed by atoms with Crippen molar-refractivity contribution >= 4 is 23.2 Å². The SMILES string of the molecule is CCOc1ccc(NC(=O)c2ccc(=O)[nH]n2)cc1CCl. The molecule has 0 spiro atoms. The molecule has 0 fully saturated rings. The van der Waals surface area contributed by atoms with Gasteiger partial charge < -0.3 is 10.1 Å². The molecular weight excluding hydrogens is 294 g/mol. The van der Waals surface area contributed by atoms with Gasteiger partial charge in [-0.1, -0.05) is 0 Å². The number of H-pyrrole nitrogens is 1. The summed E-state index contributed by atoms with van der Waals surface area (Å²) in [6, 6.07) is 7.79.